The summed E-state index contributed by atoms with van der Waals surface area (Å²) in [5.74, 6) is -0.00552. The van der Waals surface area contributed by atoms with E-state index in [9.17, 15) is 9.59 Å². The molecule has 194 valence electrons. The van der Waals surface area contributed by atoms with Crippen molar-refractivity contribution in [2.24, 2.45) is 5.92 Å². The third-order valence-electron chi connectivity index (χ3n) is 7.30. The van der Waals surface area contributed by atoms with Gasteiger partial charge < -0.3 is 10.6 Å². The van der Waals surface area contributed by atoms with Gasteiger partial charge in [-0.25, -0.2) is 0 Å². The monoisotopic (exact) mass is 525 g/mol. The Labute approximate surface area is 228 Å². The quantitative estimate of drug-likeness (QED) is 0.278. The van der Waals surface area contributed by atoms with Crippen LogP contribution in [-0.2, 0) is 11.3 Å². The Hall–Kier alpha value is -3.67. The number of hydrogen-bond acceptors (Lipinski definition) is 3. The predicted octanol–water partition coefficient (Wildman–Crippen LogP) is 6.83. The number of nitrogens with one attached hydrogen (secondary N) is 2. The van der Waals surface area contributed by atoms with Crippen molar-refractivity contribution in [3.05, 3.63) is 113 Å². The molecule has 4 aromatic carbocycles. The summed E-state index contributed by atoms with van der Waals surface area (Å²) in [6, 6.07) is 29.3. The maximum absolute atomic E-state index is 13.1. The van der Waals surface area contributed by atoms with Crippen molar-refractivity contribution in [2.45, 2.75) is 32.4 Å². The van der Waals surface area contributed by atoms with Gasteiger partial charge in [-0.15, -0.1) is 0 Å². The standard InChI is InChI=1S/C32H32ClN3O2/c1-22(29-11-5-8-24-7-2-3-10-30(24)29)34-31(37)26-16-18-36(19-17-26)21-23-6-4-9-28(20-23)35-32(38)25-12-14-27(33)15-13-25/h2-15,20,22,26H,16-19,21H2,1H3,(H,34,37)(H,35,38). The molecule has 1 aliphatic rings. The van der Waals surface area contributed by atoms with Crippen molar-refractivity contribution in [2.75, 3.05) is 18.4 Å². The fourth-order valence-corrected chi connectivity index (χ4v) is 5.33. The summed E-state index contributed by atoms with van der Waals surface area (Å²) in [5, 5.41) is 9.20. The second-order valence-corrected chi connectivity index (χ2v) is 10.4. The third kappa shape index (κ3) is 6.24. The zero-order chi connectivity index (χ0) is 26.5. The van der Waals surface area contributed by atoms with Gasteiger partial charge >= 0.3 is 0 Å². The van der Waals surface area contributed by atoms with Crippen LogP contribution in [0.5, 0.6) is 0 Å². The second kappa shape index (κ2) is 11.8. The number of amides is 2. The summed E-state index contributed by atoms with van der Waals surface area (Å²) in [7, 11) is 0. The molecule has 0 spiro atoms. The lowest BCUT2D eigenvalue weighted by Gasteiger charge is -2.32. The largest absolute Gasteiger partial charge is 0.349 e. The van der Waals surface area contributed by atoms with Crippen LogP contribution in [0, 0.1) is 5.92 Å². The maximum Gasteiger partial charge on any atom is 0.255 e. The van der Waals surface area contributed by atoms with Gasteiger partial charge in [-0.05, 0) is 91.2 Å². The fraction of sp³-hybridized carbons (Fsp3) is 0.250. The lowest BCUT2D eigenvalue weighted by molar-refractivity contribution is -0.127. The summed E-state index contributed by atoms with van der Waals surface area (Å²) in [6.07, 6.45) is 1.67. The van der Waals surface area contributed by atoms with Crippen LogP contribution in [0.15, 0.2) is 91.0 Å². The smallest absolute Gasteiger partial charge is 0.255 e. The summed E-state index contributed by atoms with van der Waals surface area (Å²) < 4.78 is 0. The van der Waals surface area contributed by atoms with E-state index in [0.717, 1.165) is 49.3 Å². The molecule has 4 aromatic rings. The van der Waals surface area contributed by atoms with E-state index >= 15 is 0 Å². The first-order valence-corrected chi connectivity index (χ1v) is 13.5. The van der Waals surface area contributed by atoms with E-state index in [0.29, 0.717) is 10.6 Å². The molecule has 1 heterocycles. The van der Waals surface area contributed by atoms with Gasteiger partial charge in [0.1, 0.15) is 0 Å². The molecule has 0 bridgehead atoms. The van der Waals surface area contributed by atoms with Crippen LogP contribution in [-0.4, -0.2) is 29.8 Å². The summed E-state index contributed by atoms with van der Waals surface area (Å²) >= 11 is 5.92. The third-order valence-corrected chi connectivity index (χ3v) is 7.56. The summed E-state index contributed by atoms with van der Waals surface area (Å²) in [4.78, 5) is 28.0. The number of likely N-dealkylation sites (tertiary alicyclic amines) is 1. The van der Waals surface area contributed by atoms with Crippen LogP contribution >= 0.6 is 11.6 Å². The molecule has 1 saturated heterocycles. The Morgan fingerprint density at radius 3 is 2.42 bits per heavy atom. The Morgan fingerprint density at radius 1 is 0.921 bits per heavy atom. The van der Waals surface area contributed by atoms with Crippen molar-refractivity contribution >= 4 is 39.9 Å². The molecule has 2 amide bonds. The number of halogens is 1. The molecule has 6 heteroatoms. The van der Waals surface area contributed by atoms with E-state index in [4.69, 9.17) is 11.6 Å². The highest BCUT2D eigenvalue weighted by molar-refractivity contribution is 6.30. The lowest BCUT2D eigenvalue weighted by atomic mass is 9.94. The van der Waals surface area contributed by atoms with Gasteiger partial charge in [0.05, 0.1) is 6.04 Å². The SMILES string of the molecule is CC(NC(=O)C1CCN(Cc2cccc(NC(=O)c3ccc(Cl)cc3)c2)CC1)c1cccc2ccccc12. The van der Waals surface area contributed by atoms with E-state index in [-0.39, 0.29) is 23.8 Å². The molecular weight excluding hydrogens is 494 g/mol. The van der Waals surface area contributed by atoms with Crippen LogP contribution in [0.25, 0.3) is 10.8 Å². The lowest BCUT2D eigenvalue weighted by Crippen LogP contribution is -2.40. The van der Waals surface area contributed by atoms with Gasteiger partial charge in [-0.3, -0.25) is 14.5 Å². The van der Waals surface area contributed by atoms with E-state index in [1.165, 1.54) is 10.8 Å². The van der Waals surface area contributed by atoms with Crippen molar-refractivity contribution < 1.29 is 9.59 Å². The normalized spacial score (nSPS) is 15.2. The molecule has 1 atom stereocenters. The number of anilines is 1. The van der Waals surface area contributed by atoms with Gasteiger partial charge in [-0.2, -0.15) is 0 Å². The zero-order valence-electron chi connectivity index (χ0n) is 21.5. The van der Waals surface area contributed by atoms with Crippen molar-refractivity contribution in [3.63, 3.8) is 0 Å². The molecular formula is C32H32ClN3O2. The first-order valence-electron chi connectivity index (χ1n) is 13.1. The average Bonchev–Trinajstić information content (AvgIpc) is 2.93. The first-order chi connectivity index (χ1) is 18.5. The number of carbonyl (C=O) groups is 2. The van der Waals surface area contributed by atoms with E-state index in [2.05, 4.69) is 58.9 Å². The minimum absolute atomic E-state index is 0.0219. The number of piperidine rings is 1. The average molecular weight is 526 g/mol. The van der Waals surface area contributed by atoms with Crippen LogP contribution in [0.1, 0.15) is 47.3 Å². The molecule has 1 fully saturated rings. The topological polar surface area (TPSA) is 61.4 Å². The molecule has 0 aliphatic carbocycles. The minimum Gasteiger partial charge on any atom is -0.349 e. The highest BCUT2D eigenvalue weighted by Gasteiger charge is 2.26. The van der Waals surface area contributed by atoms with Gasteiger partial charge in [0.25, 0.3) is 5.91 Å². The van der Waals surface area contributed by atoms with Crippen LogP contribution in [0.3, 0.4) is 0 Å². The number of hydrogen-bond donors (Lipinski definition) is 2. The van der Waals surface area contributed by atoms with Crippen molar-refractivity contribution in [3.8, 4) is 0 Å². The number of carbonyl (C=O) groups excluding carboxylic acids is 2. The first kappa shape index (κ1) is 26.0. The Bertz CT molecular complexity index is 1420. The van der Waals surface area contributed by atoms with Gasteiger partial charge in [-0.1, -0.05) is 66.2 Å². The second-order valence-electron chi connectivity index (χ2n) is 10.0. The highest BCUT2D eigenvalue weighted by Crippen LogP contribution is 2.26. The number of benzene rings is 4. The van der Waals surface area contributed by atoms with Crippen molar-refractivity contribution in [1.82, 2.24) is 10.2 Å². The number of rotatable bonds is 7. The van der Waals surface area contributed by atoms with Gasteiger partial charge in [0, 0.05) is 28.7 Å². The van der Waals surface area contributed by atoms with Crippen LogP contribution in [0.2, 0.25) is 5.02 Å². The van der Waals surface area contributed by atoms with Gasteiger partial charge in [0.2, 0.25) is 5.91 Å². The highest BCUT2D eigenvalue weighted by atomic mass is 35.5. The molecule has 0 saturated carbocycles. The van der Waals surface area contributed by atoms with Crippen molar-refractivity contribution in [1.29, 1.82) is 0 Å². The molecule has 2 N–H and O–H groups in total. The molecule has 38 heavy (non-hydrogen) atoms. The molecule has 1 unspecified atom stereocenters. The molecule has 0 aromatic heterocycles. The van der Waals surface area contributed by atoms with E-state index < -0.39 is 0 Å². The Morgan fingerprint density at radius 2 is 1.63 bits per heavy atom. The minimum atomic E-state index is -0.164. The predicted molar refractivity (Wildman–Crippen MR) is 154 cm³/mol. The molecule has 5 rings (SSSR count). The Balaban J connectivity index is 1.13. The number of fused-ring (bicyclic) bond motifs is 1. The summed E-state index contributed by atoms with van der Waals surface area (Å²) in [6.45, 7) is 4.57. The summed E-state index contributed by atoms with van der Waals surface area (Å²) in [5.41, 5.74) is 3.61. The zero-order valence-corrected chi connectivity index (χ0v) is 22.2. The molecule has 1 aliphatic heterocycles. The van der Waals surface area contributed by atoms with E-state index in [1.54, 1.807) is 24.3 Å². The molecule has 5 nitrogen and oxygen atoms in total. The van der Waals surface area contributed by atoms with E-state index in [1.807, 2.05) is 30.3 Å². The maximum atomic E-state index is 13.1. The van der Waals surface area contributed by atoms with Crippen LogP contribution in [0.4, 0.5) is 5.69 Å². The van der Waals surface area contributed by atoms with Crippen LogP contribution < -0.4 is 10.6 Å². The van der Waals surface area contributed by atoms with Gasteiger partial charge in [0.15, 0.2) is 0 Å². The fourth-order valence-electron chi connectivity index (χ4n) is 5.20. The Kier molecular flexibility index (Phi) is 8.06. The number of nitrogens with zero attached hydrogens (tertiary/aromatic N) is 1. The molecule has 0 radical (unpaired) electrons.